The highest BCUT2D eigenvalue weighted by atomic mass is 32.2. The number of carboxylic acid groups (broad SMARTS) is 1. The zero-order valence-electron chi connectivity index (χ0n) is 13.7. The maximum absolute atomic E-state index is 14.8. The van der Waals surface area contributed by atoms with Crippen molar-refractivity contribution in [2.24, 2.45) is 0 Å². The van der Waals surface area contributed by atoms with Gasteiger partial charge in [-0.2, -0.15) is 0 Å². The second kappa shape index (κ2) is 5.35. The van der Waals surface area contributed by atoms with Crippen molar-refractivity contribution in [1.29, 1.82) is 0 Å². The third-order valence-electron chi connectivity index (χ3n) is 5.49. The highest BCUT2D eigenvalue weighted by molar-refractivity contribution is 7.86. The minimum absolute atomic E-state index is 0.000303. The van der Waals surface area contributed by atoms with Crippen LogP contribution in [0.1, 0.15) is 35.7 Å². The molecule has 7 nitrogen and oxygen atoms in total. The summed E-state index contributed by atoms with van der Waals surface area (Å²) in [5.74, 6) is -1.29. The molecule has 0 amide bonds. The first kappa shape index (κ1) is 15.9. The number of carbonyl (C=O) groups is 1. The van der Waals surface area contributed by atoms with Gasteiger partial charge in [-0.15, -0.1) is 0 Å². The Morgan fingerprint density at radius 3 is 2.69 bits per heavy atom. The van der Waals surface area contributed by atoms with E-state index in [0.29, 0.717) is 17.9 Å². The summed E-state index contributed by atoms with van der Waals surface area (Å²) in [7, 11) is -0.865. The van der Waals surface area contributed by atoms with Gasteiger partial charge in [0.05, 0.1) is 10.6 Å². The van der Waals surface area contributed by atoms with Gasteiger partial charge in [0.15, 0.2) is 11.6 Å². The summed E-state index contributed by atoms with van der Waals surface area (Å²) >= 11 is 0. The molecule has 4 heterocycles. The molecule has 2 aliphatic heterocycles. The number of anilines is 1. The average Bonchev–Trinajstić information content (AvgIpc) is 3.26. The van der Waals surface area contributed by atoms with Crippen molar-refractivity contribution in [1.82, 2.24) is 9.55 Å². The van der Waals surface area contributed by atoms with Crippen LogP contribution in [-0.4, -0.2) is 48.4 Å². The van der Waals surface area contributed by atoms with Gasteiger partial charge in [-0.25, -0.2) is 14.2 Å². The predicted molar refractivity (Wildman–Crippen MR) is 93.7 cm³/mol. The fourth-order valence-corrected chi connectivity index (χ4v) is 5.76. The molecule has 2 saturated heterocycles. The van der Waals surface area contributed by atoms with Crippen molar-refractivity contribution in [2.45, 2.75) is 36.6 Å². The van der Waals surface area contributed by atoms with E-state index in [1.54, 1.807) is 4.57 Å². The maximum Gasteiger partial charge on any atom is 0.341 e. The molecule has 3 unspecified atom stereocenters. The van der Waals surface area contributed by atoms with Gasteiger partial charge in [0, 0.05) is 41.4 Å². The summed E-state index contributed by atoms with van der Waals surface area (Å²) in [5, 5.41) is 9.31. The number of nitrogens with zero attached hydrogens (tertiary/aromatic N) is 3. The normalized spacial score (nSPS) is 27.4. The molecule has 9 heteroatoms. The van der Waals surface area contributed by atoms with Crippen LogP contribution < -0.4 is 10.3 Å². The molecule has 0 spiro atoms. The lowest BCUT2D eigenvalue weighted by Crippen LogP contribution is -2.39. The van der Waals surface area contributed by atoms with Crippen LogP contribution in [0, 0.1) is 5.82 Å². The molecule has 2 aromatic heterocycles. The standard InChI is InChI=1S/C17H16FN3O4S/c18-13-4-11-14(22)12(17(23)24)6-21(8-1-2-8)15(11)19-16(13)20-5-10-3-9(20)7-26(10)25/h4,6,8-10H,1-3,5,7H2,(H,23,24). The smallest absolute Gasteiger partial charge is 0.341 e. The minimum atomic E-state index is -1.32. The lowest BCUT2D eigenvalue weighted by Gasteiger charge is -2.28. The van der Waals surface area contributed by atoms with Crippen LogP contribution in [0.3, 0.4) is 0 Å². The molecule has 136 valence electrons. The van der Waals surface area contributed by atoms with Gasteiger partial charge in [-0.3, -0.25) is 9.00 Å². The number of rotatable bonds is 3. The minimum Gasteiger partial charge on any atom is -0.477 e. The quantitative estimate of drug-likeness (QED) is 0.866. The van der Waals surface area contributed by atoms with Crippen LogP contribution in [0.25, 0.3) is 11.0 Å². The molecule has 1 aliphatic carbocycles. The first-order chi connectivity index (χ1) is 12.4. The van der Waals surface area contributed by atoms with Crippen molar-refractivity contribution in [3.8, 4) is 0 Å². The van der Waals surface area contributed by atoms with Gasteiger partial charge in [-0.1, -0.05) is 0 Å². The van der Waals surface area contributed by atoms with Crippen molar-refractivity contribution in [2.75, 3.05) is 17.2 Å². The largest absolute Gasteiger partial charge is 0.477 e. The molecule has 5 rings (SSSR count). The number of fused-ring (bicyclic) bond motifs is 3. The molecule has 3 atom stereocenters. The Balaban J connectivity index is 1.71. The summed E-state index contributed by atoms with van der Waals surface area (Å²) in [5.41, 5.74) is -0.761. The molecule has 3 aliphatic rings. The first-order valence-electron chi connectivity index (χ1n) is 8.56. The third kappa shape index (κ3) is 2.22. The van der Waals surface area contributed by atoms with Gasteiger partial charge >= 0.3 is 5.97 Å². The first-order valence-corrected chi connectivity index (χ1v) is 9.94. The Morgan fingerprint density at radius 2 is 2.12 bits per heavy atom. The van der Waals surface area contributed by atoms with E-state index in [2.05, 4.69) is 4.98 Å². The van der Waals surface area contributed by atoms with E-state index in [4.69, 9.17) is 0 Å². The fraction of sp³-hybridized carbons (Fsp3) is 0.471. The predicted octanol–water partition coefficient (Wildman–Crippen LogP) is 1.28. The molecule has 2 bridgehead atoms. The van der Waals surface area contributed by atoms with Gasteiger partial charge in [-0.05, 0) is 25.3 Å². The average molecular weight is 377 g/mol. The Labute approximate surface area is 149 Å². The number of halogens is 1. The number of aromatic nitrogens is 2. The van der Waals surface area contributed by atoms with E-state index in [-0.39, 0.29) is 34.1 Å². The molecular weight excluding hydrogens is 361 g/mol. The van der Waals surface area contributed by atoms with Gasteiger partial charge < -0.3 is 14.6 Å². The second-order valence-electron chi connectivity index (χ2n) is 7.19. The topological polar surface area (TPSA) is 92.5 Å². The van der Waals surface area contributed by atoms with E-state index in [0.717, 1.165) is 25.3 Å². The fourth-order valence-electron chi connectivity index (χ4n) is 4.03. The van der Waals surface area contributed by atoms with Crippen molar-refractivity contribution >= 4 is 33.6 Å². The van der Waals surface area contributed by atoms with Crippen molar-refractivity contribution < 1.29 is 18.5 Å². The molecule has 1 N–H and O–H groups in total. The van der Waals surface area contributed by atoms with Crippen LogP contribution in [0.5, 0.6) is 0 Å². The van der Waals surface area contributed by atoms with Gasteiger partial charge in [0.2, 0.25) is 5.43 Å². The lowest BCUT2D eigenvalue weighted by molar-refractivity contribution is 0.0695. The third-order valence-corrected chi connectivity index (χ3v) is 7.29. The molecule has 3 fully saturated rings. The number of carboxylic acids is 1. The number of aromatic carboxylic acids is 1. The number of hydrogen-bond acceptors (Lipinski definition) is 5. The summed E-state index contributed by atoms with van der Waals surface area (Å²) in [6, 6.07) is 1.19. The molecule has 2 aromatic rings. The molecule has 26 heavy (non-hydrogen) atoms. The lowest BCUT2D eigenvalue weighted by atomic mass is 10.1. The number of pyridine rings is 2. The van der Waals surface area contributed by atoms with Crippen molar-refractivity contribution in [3.05, 3.63) is 33.9 Å². The highest BCUT2D eigenvalue weighted by Crippen LogP contribution is 2.39. The summed E-state index contributed by atoms with van der Waals surface area (Å²) in [4.78, 5) is 30.1. The maximum atomic E-state index is 14.8. The summed E-state index contributed by atoms with van der Waals surface area (Å²) in [6.07, 6.45) is 3.83. The Morgan fingerprint density at radius 1 is 1.35 bits per heavy atom. The second-order valence-corrected chi connectivity index (χ2v) is 8.95. The van der Waals surface area contributed by atoms with Gasteiger partial charge in [0.1, 0.15) is 11.2 Å². The monoisotopic (exact) mass is 377 g/mol. The molecular formula is C17H16FN3O4S. The SMILES string of the molecule is O=C(O)c1cn(C2CC2)c2nc(N3CC4CC3CS4=O)c(F)cc2c1=O. The van der Waals surface area contributed by atoms with Gasteiger partial charge in [0.25, 0.3) is 0 Å². The van der Waals surface area contributed by atoms with Crippen LogP contribution in [0.15, 0.2) is 17.1 Å². The van der Waals surface area contributed by atoms with E-state index < -0.39 is 28.0 Å². The molecule has 1 saturated carbocycles. The zero-order chi connectivity index (χ0) is 18.2. The number of hydrogen-bond donors (Lipinski definition) is 1. The van der Waals surface area contributed by atoms with E-state index in [9.17, 15) is 23.3 Å². The van der Waals surface area contributed by atoms with Crippen molar-refractivity contribution in [3.63, 3.8) is 0 Å². The zero-order valence-corrected chi connectivity index (χ0v) is 14.5. The Hall–Kier alpha value is -2.29. The summed E-state index contributed by atoms with van der Waals surface area (Å²) < 4.78 is 28.3. The van der Waals surface area contributed by atoms with Crippen LogP contribution in [0.4, 0.5) is 10.2 Å². The van der Waals surface area contributed by atoms with Crippen LogP contribution >= 0.6 is 0 Å². The Bertz CT molecular complexity index is 1050. The van der Waals surface area contributed by atoms with Crippen LogP contribution in [0.2, 0.25) is 0 Å². The van der Waals surface area contributed by atoms with E-state index >= 15 is 0 Å². The van der Waals surface area contributed by atoms with E-state index in [1.165, 1.54) is 6.20 Å². The van der Waals surface area contributed by atoms with E-state index in [1.807, 2.05) is 4.90 Å². The van der Waals surface area contributed by atoms with Crippen LogP contribution in [-0.2, 0) is 10.8 Å². The Kier molecular flexibility index (Phi) is 3.28. The molecule has 0 radical (unpaired) electrons. The summed E-state index contributed by atoms with van der Waals surface area (Å²) in [6.45, 7) is 0.494. The molecule has 0 aromatic carbocycles. The highest BCUT2D eigenvalue weighted by Gasteiger charge is 2.44.